The molecular formula is C25H22FN3O4. The van der Waals surface area contributed by atoms with Crippen molar-refractivity contribution in [1.29, 1.82) is 0 Å². The highest BCUT2D eigenvalue weighted by atomic mass is 19.1. The molecule has 1 N–H and O–H groups in total. The second kappa shape index (κ2) is 9.52. The maximum Gasteiger partial charge on any atom is 0.259 e. The normalized spacial score (nSPS) is 10.8. The van der Waals surface area contributed by atoms with Crippen LogP contribution in [0.2, 0.25) is 0 Å². The summed E-state index contributed by atoms with van der Waals surface area (Å²) in [6.07, 6.45) is 0. The van der Waals surface area contributed by atoms with Gasteiger partial charge < -0.3 is 19.5 Å². The zero-order valence-corrected chi connectivity index (χ0v) is 18.2. The summed E-state index contributed by atoms with van der Waals surface area (Å²) in [4.78, 5) is 25.9. The third kappa shape index (κ3) is 5.17. The zero-order chi connectivity index (χ0) is 23.4. The molecule has 0 aliphatic carbocycles. The molecule has 0 saturated carbocycles. The first kappa shape index (κ1) is 22.0. The molecule has 0 aliphatic heterocycles. The molecule has 0 bridgehead atoms. The number of hydrogen-bond donors (Lipinski definition) is 1. The van der Waals surface area contributed by atoms with Gasteiger partial charge in [0.15, 0.2) is 12.4 Å². The number of rotatable bonds is 7. The average molecular weight is 447 g/mol. The first-order valence-electron chi connectivity index (χ1n) is 10.3. The molecule has 4 rings (SSSR count). The number of benzene rings is 3. The minimum absolute atomic E-state index is 0.0576. The van der Waals surface area contributed by atoms with E-state index in [9.17, 15) is 14.0 Å². The van der Waals surface area contributed by atoms with E-state index in [1.807, 2.05) is 6.07 Å². The Morgan fingerprint density at radius 1 is 1.06 bits per heavy atom. The Morgan fingerprint density at radius 3 is 2.61 bits per heavy atom. The Bertz CT molecular complexity index is 1300. The number of likely N-dealkylation sites (N-methyl/N-ethyl adjacent to an activating group) is 1. The minimum atomic E-state index is -0.346. The van der Waals surface area contributed by atoms with Crippen LogP contribution in [0.1, 0.15) is 15.9 Å². The molecule has 33 heavy (non-hydrogen) atoms. The van der Waals surface area contributed by atoms with Gasteiger partial charge in [-0.15, -0.1) is 0 Å². The first-order valence-corrected chi connectivity index (χ1v) is 10.3. The van der Waals surface area contributed by atoms with Gasteiger partial charge in [-0.05, 0) is 60.2 Å². The van der Waals surface area contributed by atoms with E-state index in [1.54, 1.807) is 62.6 Å². The van der Waals surface area contributed by atoms with Crippen LogP contribution in [-0.4, -0.2) is 42.6 Å². The van der Waals surface area contributed by atoms with Crippen LogP contribution in [0.5, 0.6) is 5.75 Å². The van der Waals surface area contributed by atoms with Gasteiger partial charge in [-0.1, -0.05) is 17.3 Å². The fourth-order valence-electron chi connectivity index (χ4n) is 3.20. The summed E-state index contributed by atoms with van der Waals surface area (Å²) >= 11 is 0. The van der Waals surface area contributed by atoms with E-state index in [1.165, 1.54) is 17.0 Å². The van der Waals surface area contributed by atoms with Crippen molar-refractivity contribution in [2.45, 2.75) is 6.54 Å². The van der Waals surface area contributed by atoms with E-state index in [-0.39, 0.29) is 30.8 Å². The summed E-state index contributed by atoms with van der Waals surface area (Å²) in [7, 11) is 3.33. The third-order valence-corrected chi connectivity index (χ3v) is 5.06. The van der Waals surface area contributed by atoms with Crippen molar-refractivity contribution in [2.24, 2.45) is 0 Å². The van der Waals surface area contributed by atoms with Gasteiger partial charge in [-0.3, -0.25) is 9.59 Å². The Hall–Kier alpha value is -4.20. The number of amides is 2. The number of halogens is 1. The van der Waals surface area contributed by atoms with Crippen molar-refractivity contribution >= 4 is 22.7 Å². The van der Waals surface area contributed by atoms with Crippen LogP contribution < -0.4 is 10.1 Å². The van der Waals surface area contributed by atoms with E-state index in [2.05, 4.69) is 10.5 Å². The van der Waals surface area contributed by atoms with Gasteiger partial charge >= 0.3 is 0 Å². The molecule has 0 spiro atoms. The number of ether oxygens (including phenoxy) is 1. The Kier molecular flexibility index (Phi) is 6.35. The fraction of sp³-hybridized carbons (Fsp3) is 0.160. The van der Waals surface area contributed by atoms with E-state index in [0.29, 0.717) is 33.5 Å². The molecule has 0 saturated heterocycles. The SMILES string of the molecule is CN(C)C(=O)COc1cccc(CNC(=O)c2ccc3noc(-c4ccc(F)cc4)c3c2)c1. The molecule has 7 nitrogen and oxygen atoms in total. The number of nitrogens with zero attached hydrogens (tertiary/aromatic N) is 2. The molecule has 4 aromatic rings. The van der Waals surface area contributed by atoms with E-state index in [4.69, 9.17) is 9.26 Å². The van der Waals surface area contributed by atoms with Gasteiger partial charge in [-0.25, -0.2) is 4.39 Å². The lowest BCUT2D eigenvalue weighted by Crippen LogP contribution is -2.27. The number of carbonyl (C=O) groups is 2. The molecule has 0 unspecified atom stereocenters. The molecule has 0 radical (unpaired) electrons. The largest absolute Gasteiger partial charge is 0.484 e. The predicted octanol–water partition coefficient (Wildman–Crippen LogP) is 4.03. The van der Waals surface area contributed by atoms with Gasteiger partial charge in [0.25, 0.3) is 11.8 Å². The summed E-state index contributed by atoms with van der Waals surface area (Å²) in [5.41, 5.74) is 2.54. The van der Waals surface area contributed by atoms with Gasteiger partial charge in [0.05, 0.1) is 5.39 Å². The Labute approximate surface area is 189 Å². The average Bonchev–Trinajstić information content (AvgIpc) is 3.25. The number of fused-ring (bicyclic) bond motifs is 1. The smallest absolute Gasteiger partial charge is 0.259 e. The number of aromatic nitrogens is 1. The standard InChI is InChI=1S/C25H22FN3O4/c1-29(2)23(30)15-32-20-5-3-4-16(12-20)14-27-25(31)18-8-11-22-21(13-18)24(33-28-22)17-6-9-19(26)10-7-17/h3-13H,14-15H2,1-2H3,(H,27,31). The number of hydrogen-bond acceptors (Lipinski definition) is 5. The highest BCUT2D eigenvalue weighted by Gasteiger charge is 2.14. The summed E-state index contributed by atoms with van der Waals surface area (Å²) in [5.74, 6) is 0.264. The monoisotopic (exact) mass is 447 g/mol. The van der Waals surface area contributed by atoms with Crippen LogP contribution in [0.25, 0.3) is 22.2 Å². The van der Waals surface area contributed by atoms with Crippen LogP contribution in [-0.2, 0) is 11.3 Å². The molecule has 8 heteroatoms. The number of carbonyl (C=O) groups excluding carboxylic acids is 2. The van der Waals surface area contributed by atoms with Crippen molar-refractivity contribution in [2.75, 3.05) is 20.7 Å². The molecule has 1 heterocycles. The molecule has 0 aliphatic rings. The molecule has 1 aromatic heterocycles. The van der Waals surface area contributed by atoms with Gasteiger partial charge in [0.1, 0.15) is 17.1 Å². The summed E-state index contributed by atoms with van der Waals surface area (Å²) in [6, 6.07) is 18.1. The second-order valence-electron chi connectivity index (χ2n) is 7.66. The van der Waals surface area contributed by atoms with Crippen molar-refractivity contribution < 1.29 is 23.2 Å². The minimum Gasteiger partial charge on any atom is -0.484 e. The van der Waals surface area contributed by atoms with Crippen LogP contribution in [0.4, 0.5) is 4.39 Å². The Morgan fingerprint density at radius 2 is 1.85 bits per heavy atom. The summed E-state index contributed by atoms with van der Waals surface area (Å²) in [6.45, 7) is 0.224. The topological polar surface area (TPSA) is 84.7 Å². The highest BCUT2D eigenvalue weighted by Crippen LogP contribution is 2.29. The molecule has 2 amide bonds. The van der Waals surface area contributed by atoms with Crippen LogP contribution in [0, 0.1) is 5.82 Å². The Balaban J connectivity index is 1.45. The van der Waals surface area contributed by atoms with Crippen LogP contribution in [0.3, 0.4) is 0 Å². The quantitative estimate of drug-likeness (QED) is 0.462. The number of nitrogens with one attached hydrogen (secondary N) is 1. The second-order valence-corrected chi connectivity index (χ2v) is 7.66. The molecule has 0 fully saturated rings. The van der Waals surface area contributed by atoms with Gasteiger partial charge in [0.2, 0.25) is 0 Å². The lowest BCUT2D eigenvalue weighted by atomic mass is 10.1. The molecule has 168 valence electrons. The predicted molar refractivity (Wildman–Crippen MR) is 121 cm³/mol. The van der Waals surface area contributed by atoms with Crippen LogP contribution >= 0.6 is 0 Å². The molecular weight excluding hydrogens is 425 g/mol. The van der Waals surface area contributed by atoms with E-state index < -0.39 is 0 Å². The van der Waals surface area contributed by atoms with Crippen molar-refractivity contribution in [3.8, 4) is 17.1 Å². The highest BCUT2D eigenvalue weighted by molar-refractivity contribution is 6.00. The maximum absolute atomic E-state index is 13.2. The van der Waals surface area contributed by atoms with E-state index >= 15 is 0 Å². The third-order valence-electron chi connectivity index (χ3n) is 5.06. The van der Waals surface area contributed by atoms with Gasteiger partial charge in [0, 0.05) is 31.8 Å². The zero-order valence-electron chi connectivity index (χ0n) is 18.2. The molecule has 0 atom stereocenters. The van der Waals surface area contributed by atoms with E-state index in [0.717, 1.165) is 5.56 Å². The lowest BCUT2D eigenvalue weighted by Gasteiger charge is -2.12. The van der Waals surface area contributed by atoms with Gasteiger partial charge in [-0.2, -0.15) is 0 Å². The van der Waals surface area contributed by atoms with Crippen molar-refractivity contribution in [3.63, 3.8) is 0 Å². The van der Waals surface area contributed by atoms with Crippen molar-refractivity contribution in [3.05, 3.63) is 83.7 Å². The van der Waals surface area contributed by atoms with Crippen molar-refractivity contribution in [1.82, 2.24) is 15.4 Å². The summed E-state index contributed by atoms with van der Waals surface area (Å²) < 4.78 is 24.2. The molecule has 3 aromatic carbocycles. The lowest BCUT2D eigenvalue weighted by molar-refractivity contribution is -0.130. The van der Waals surface area contributed by atoms with Crippen LogP contribution in [0.15, 0.2) is 71.3 Å². The fourth-order valence-corrected chi connectivity index (χ4v) is 3.20. The first-order chi connectivity index (χ1) is 15.9. The maximum atomic E-state index is 13.2. The summed E-state index contributed by atoms with van der Waals surface area (Å²) in [5, 5.41) is 7.56.